The second-order valence-electron chi connectivity index (χ2n) is 7.46. The Morgan fingerprint density at radius 3 is 2.57 bits per heavy atom. The number of aliphatic imine (C=N–C) groups is 1. The third-order valence-electron chi connectivity index (χ3n) is 5.64. The standard InChI is InChI=1S/C23H23N7/c1-3-18-12-21-15(2)24-14-25-23(21)30(18)13-16-8-10-17(11-9-16)19-6-4-5-7-20(19)22-26-28-29-27-22/h4-12,14-15H,3,13H2,1-2H3,(H,24,25)(H,26,27,28,29). The highest BCUT2D eigenvalue weighted by Gasteiger charge is 2.20. The Balaban J connectivity index is 1.46. The predicted octanol–water partition coefficient (Wildman–Crippen LogP) is 4.46. The minimum Gasteiger partial charge on any atom is -0.333 e. The quantitative estimate of drug-likeness (QED) is 0.521. The average molecular weight is 397 g/mol. The summed E-state index contributed by atoms with van der Waals surface area (Å²) in [6.07, 6.45) is 2.79. The van der Waals surface area contributed by atoms with Crippen molar-refractivity contribution >= 4 is 12.2 Å². The molecule has 1 unspecified atom stereocenters. The van der Waals surface area contributed by atoms with Gasteiger partial charge < -0.3 is 9.88 Å². The van der Waals surface area contributed by atoms with Crippen molar-refractivity contribution in [2.24, 2.45) is 4.99 Å². The molecule has 0 bridgehead atoms. The number of H-pyrrole nitrogens is 1. The van der Waals surface area contributed by atoms with E-state index in [2.05, 4.69) is 85.7 Å². The van der Waals surface area contributed by atoms with Gasteiger partial charge in [-0.2, -0.15) is 5.21 Å². The lowest BCUT2D eigenvalue weighted by molar-refractivity contribution is 0.749. The summed E-state index contributed by atoms with van der Waals surface area (Å²) in [5.74, 6) is 1.75. The maximum absolute atomic E-state index is 4.48. The Labute approximate surface area is 174 Å². The van der Waals surface area contributed by atoms with Gasteiger partial charge in [-0.15, -0.1) is 10.2 Å². The molecule has 30 heavy (non-hydrogen) atoms. The maximum Gasteiger partial charge on any atom is 0.205 e. The molecule has 2 N–H and O–H groups in total. The van der Waals surface area contributed by atoms with Crippen molar-refractivity contribution in [2.75, 3.05) is 5.32 Å². The number of aromatic amines is 1. The van der Waals surface area contributed by atoms with Crippen LogP contribution in [0.2, 0.25) is 0 Å². The number of nitrogens with zero attached hydrogens (tertiary/aromatic N) is 5. The van der Waals surface area contributed by atoms with Gasteiger partial charge in [0.05, 0.1) is 12.4 Å². The number of anilines is 1. The monoisotopic (exact) mass is 397 g/mol. The minimum absolute atomic E-state index is 0.191. The Morgan fingerprint density at radius 1 is 1.03 bits per heavy atom. The Hall–Kier alpha value is -3.74. The Kier molecular flexibility index (Phi) is 4.63. The minimum atomic E-state index is 0.191. The van der Waals surface area contributed by atoms with E-state index in [4.69, 9.17) is 0 Å². The van der Waals surface area contributed by atoms with E-state index in [0.717, 1.165) is 35.5 Å². The molecule has 7 heteroatoms. The van der Waals surface area contributed by atoms with Crippen LogP contribution < -0.4 is 5.32 Å². The van der Waals surface area contributed by atoms with Crippen molar-refractivity contribution in [1.82, 2.24) is 25.2 Å². The van der Waals surface area contributed by atoms with Crippen molar-refractivity contribution in [2.45, 2.75) is 32.9 Å². The van der Waals surface area contributed by atoms with Crippen molar-refractivity contribution in [3.8, 4) is 22.5 Å². The average Bonchev–Trinajstić information content (AvgIpc) is 3.44. The molecule has 7 nitrogen and oxygen atoms in total. The molecule has 0 aliphatic carbocycles. The number of rotatable bonds is 5. The first-order valence-electron chi connectivity index (χ1n) is 10.2. The molecule has 4 aromatic rings. The second kappa shape index (κ2) is 7.59. The molecule has 0 amide bonds. The predicted molar refractivity (Wildman–Crippen MR) is 118 cm³/mol. The molecular weight excluding hydrogens is 374 g/mol. The van der Waals surface area contributed by atoms with E-state index < -0.39 is 0 Å². The molecule has 150 valence electrons. The van der Waals surface area contributed by atoms with Crippen LogP contribution in [-0.4, -0.2) is 31.5 Å². The lowest BCUT2D eigenvalue weighted by Gasteiger charge is -2.18. The van der Waals surface area contributed by atoms with Crippen LogP contribution in [0.4, 0.5) is 5.82 Å². The SMILES string of the molecule is CCc1cc2c(n1Cc1ccc(-c3ccccc3-c3nn[nH]n3)cc1)NC=NC2C. The lowest BCUT2D eigenvalue weighted by atomic mass is 9.98. The van der Waals surface area contributed by atoms with Crippen LogP contribution in [0.1, 0.15) is 36.7 Å². The summed E-state index contributed by atoms with van der Waals surface area (Å²) in [4.78, 5) is 4.48. The lowest BCUT2D eigenvalue weighted by Crippen LogP contribution is -2.13. The molecule has 3 heterocycles. The molecular formula is C23H23N7. The summed E-state index contributed by atoms with van der Waals surface area (Å²) in [6.45, 7) is 5.15. The van der Waals surface area contributed by atoms with Gasteiger partial charge in [0.1, 0.15) is 5.82 Å². The number of benzene rings is 2. The van der Waals surface area contributed by atoms with E-state index in [0.29, 0.717) is 5.82 Å². The molecule has 1 aliphatic heterocycles. The van der Waals surface area contributed by atoms with Crippen molar-refractivity contribution in [3.63, 3.8) is 0 Å². The van der Waals surface area contributed by atoms with E-state index in [-0.39, 0.29) is 6.04 Å². The number of nitrogens with one attached hydrogen (secondary N) is 2. The number of tetrazole rings is 1. The summed E-state index contributed by atoms with van der Waals surface area (Å²) >= 11 is 0. The second-order valence-corrected chi connectivity index (χ2v) is 7.46. The van der Waals surface area contributed by atoms with Gasteiger partial charge >= 0.3 is 0 Å². The fraction of sp³-hybridized carbons (Fsp3) is 0.217. The van der Waals surface area contributed by atoms with E-state index >= 15 is 0 Å². The van der Waals surface area contributed by atoms with Crippen molar-refractivity contribution < 1.29 is 0 Å². The van der Waals surface area contributed by atoms with Gasteiger partial charge in [-0.05, 0) is 41.3 Å². The van der Waals surface area contributed by atoms with Gasteiger partial charge in [-0.1, -0.05) is 55.5 Å². The molecule has 2 aromatic carbocycles. The van der Waals surface area contributed by atoms with Gasteiger partial charge in [-0.3, -0.25) is 4.99 Å². The molecule has 1 atom stereocenters. The van der Waals surface area contributed by atoms with Crippen LogP contribution in [-0.2, 0) is 13.0 Å². The smallest absolute Gasteiger partial charge is 0.205 e. The zero-order valence-electron chi connectivity index (χ0n) is 17.0. The van der Waals surface area contributed by atoms with Crippen LogP contribution in [0.25, 0.3) is 22.5 Å². The zero-order valence-corrected chi connectivity index (χ0v) is 17.0. The van der Waals surface area contributed by atoms with E-state index in [1.165, 1.54) is 16.8 Å². The van der Waals surface area contributed by atoms with Crippen LogP contribution in [0.3, 0.4) is 0 Å². The largest absolute Gasteiger partial charge is 0.333 e. The normalized spacial score (nSPS) is 15.1. The van der Waals surface area contributed by atoms with Crippen LogP contribution in [0.15, 0.2) is 59.6 Å². The number of hydrogen-bond acceptors (Lipinski definition) is 5. The van der Waals surface area contributed by atoms with Crippen LogP contribution in [0.5, 0.6) is 0 Å². The molecule has 0 saturated heterocycles. The molecule has 1 aliphatic rings. The summed E-state index contributed by atoms with van der Waals surface area (Å²) in [6, 6.07) is 19.3. The first-order chi connectivity index (χ1) is 14.7. The first-order valence-corrected chi connectivity index (χ1v) is 10.2. The third kappa shape index (κ3) is 3.18. The highest BCUT2D eigenvalue weighted by atomic mass is 15.5. The van der Waals surface area contributed by atoms with Crippen LogP contribution >= 0.6 is 0 Å². The number of fused-ring (bicyclic) bond motifs is 1. The number of aryl methyl sites for hydroxylation is 1. The summed E-state index contributed by atoms with van der Waals surface area (Å²) in [5.41, 5.74) is 7.01. The fourth-order valence-electron chi connectivity index (χ4n) is 4.05. The Bertz CT molecular complexity index is 1190. The highest BCUT2D eigenvalue weighted by molar-refractivity contribution is 5.81. The van der Waals surface area contributed by atoms with Gasteiger partial charge in [0.2, 0.25) is 5.82 Å². The summed E-state index contributed by atoms with van der Waals surface area (Å²) in [5, 5.41) is 17.8. The van der Waals surface area contributed by atoms with E-state index in [1.807, 2.05) is 18.2 Å². The number of aromatic nitrogens is 5. The maximum atomic E-state index is 4.48. The highest BCUT2D eigenvalue weighted by Crippen LogP contribution is 2.33. The molecule has 0 spiro atoms. The Morgan fingerprint density at radius 2 is 1.83 bits per heavy atom. The van der Waals surface area contributed by atoms with Gasteiger partial charge in [0.25, 0.3) is 0 Å². The fourth-order valence-corrected chi connectivity index (χ4v) is 4.05. The van der Waals surface area contributed by atoms with E-state index in [9.17, 15) is 0 Å². The molecule has 0 radical (unpaired) electrons. The van der Waals surface area contributed by atoms with Crippen molar-refractivity contribution in [1.29, 1.82) is 0 Å². The van der Waals surface area contributed by atoms with Gasteiger partial charge in [0.15, 0.2) is 0 Å². The topological polar surface area (TPSA) is 83.8 Å². The summed E-state index contributed by atoms with van der Waals surface area (Å²) < 4.78 is 2.36. The van der Waals surface area contributed by atoms with Gasteiger partial charge in [-0.25, -0.2) is 0 Å². The molecule has 0 fully saturated rings. The molecule has 5 rings (SSSR count). The molecule has 2 aromatic heterocycles. The third-order valence-corrected chi connectivity index (χ3v) is 5.64. The zero-order chi connectivity index (χ0) is 20.5. The first kappa shape index (κ1) is 18.3. The van der Waals surface area contributed by atoms with Crippen molar-refractivity contribution in [3.05, 3.63) is 71.4 Å². The molecule has 0 saturated carbocycles. The van der Waals surface area contributed by atoms with Gasteiger partial charge in [0, 0.05) is 23.4 Å². The number of hydrogen-bond donors (Lipinski definition) is 2. The van der Waals surface area contributed by atoms with E-state index in [1.54, 1.807) is 6.34 Å². The summed E-state index contributed by atoms with van der Waals surface area (Å²) in [7, 11) is 0. The van der Waals surface area contributed by atoms with Crippen LogP contribution in [0, 0.1) is 0 Å².